The molecule has 2 rings (SSSR count). The average molecular weight is 268 g/mol. The predicted molar refractivity (Wildman–Crippen MR) is 76.8 cm³/mol. The van der Waals surface area contributed by atoms with Gasteiger partial charge in [-0.3, -0.25) is 0 Å². The van der Waals surface area contributed by atoms with E-state index in [1.54, 1.807) is 11.3 Å². The van der Waals surface area contributed by atoms with Crippen LogP contribution in [0.2, 0.25) is 0 Å². The van der Waals surface area contributed by atoms with Crippen molar-refractivity contribution in [1.29, 1.82) is 0 Å². The third kappa shape index (κ3) is 3.54. The minimum Gasteiger partial charge on any atom is -0.378 e. The second kappa shape index (κ2) is 6.66. The number of ether oxygens (including phenoxy) is 1. The lowest BCUT2D eigenvalue weighted by Gasteiger charge is -2.41. The van der Waals surface area contributed by atoms with E-state index in [0.29, 0.717) is 12.6 Å². The van der Waals surface area contributed by atoms with Gasteiger partial charge in [0.05, 0.1) is 6.10 Å². The molecule has 3 N–H and O–H groups in total. The Balaban J connectivity index is 1.92. The summed E-state index contributed by atoms with van der Waals surface area (Å²) in [4.78, 5) is 1.38. The zero-order chi connectivity index (χ0) is 12.8. The summed E-state index contributed by atoms with van der Waals surface area (Å²) in [6.07, 6.45) is 4.76. The molecule has 0 spiro atoms. The first kappa shape index (κ1) is 14.0. The van der Waals surface area contributed by atoms with Crippen LogP contribution in [0.25, 0.3) is 0 Å². The summed E-state index contributed by atoms with van der Waals surface area (Å²) < 4.78 is 5.82. The Morgan fingerprint density at radius 3 is 3.17 bits per heavy atom. The fraction of sp³-hybridized carbons (Fsp3) is 0.714. The SMILES string of the molecule is CCCC1CC(CN)(NCc2cccs2)CCO1. The van der Waals surface area contributed by atoms with Gasteiger partial charge in [0.1, 0.15) is 0 Å². The van der Waals surface area contributed by atoms with Crippen molar-refractivity contribution in [3.8, 4) is 0 Å². The van der Waals surface area contributed by atoms with Crippen molar-refractivity contribution in [3.63, 3.8) is 0 Å². The maximum Gasteiger partial charge on any atom is 0.0593 e. The molecule has 1 aliphatic heterocycles. The van der Waals surface area contributed by atoms with Crippen LogP contribution in [0.4, 0.5) is 0 Å². The molecular formula is C14H24N2OS. The molecule has 1 aromatic heterocycles. The summed E-state index contributed by atoms with van der Waals surface area (Å²) in [5.41, 5.74) is 6.09. The maximum absolute atomic E-state index is 6.02. The van der Waals surface area contributed by atoms with Crippen molar-refractivity contribution in [3.05, 3.63) is 22.4 Å². The smallest absolute Gasteiger partial charge is 0.0593 e. The second-order valence-corrected chi connectivity index (χ2v) is 6.19. The fourth-order valence-electron chi connectivity index (χ4n) is 2.63. The number of nitrogens with one attached hydrogen (secondary N) is 1. The molecule has 4 heteroatoms. The third-order valence-electron chi connectivity index (χ3n) is 3.77. The first-order chi connectivity index (χ1) is 8.78. The monoisotopic (exact) mass is 268 g/mol. The zero-order valence-electron chi connectivity index (χ0n) is 11.2. The molecule has 18 heavy (non-hydrogen) atoms. The minimum atomic E-state index is 0.0715. The highest BCUT2D eigenvalue weighted by molar-refractivity contribution is 7.09. The van der Waals surface area contributed by atoms with E-state index >= 15 is 0 Å². The van der Waals surface area contributed by atoms with Crippen LogP contribution in [0.15, 0.2) is 17.5 Å². The summed E-state index contributed by atoms with van der Waals surface area (Å²) in [6, 6.07) is 4.27. The van der Waals surface area contributed by atoms with E-state index in [4.69, 9.17) is 10.5 Å². The van der Waals surface area contributed by atoms with Crippen LogP contribution in [0, 0.1) is 0 Å². The molecule has 0 aliphatic carbocycles. The molecule has 2 atom stereocenters. The van der Waals surface area contributed by atoms with Crippen LogP contribution >= 0.6 is 11.3 Å². The van der Waals surface area contributed by atoms with Crippen LogP contribution in [-0.4, -0.2) is 24.8 Å². The van der Waals surface area contributed by atoms with Crippen LogP contribution in [0.5, 0.6) is 0 Å². The van der Waals surface area contributed by atoms with Crippen molar-refractivity contribution < 1.29 is 4.74 Å². The Morgan fingerprint density at radius 1 is 1.61 bits per heavy atom. The number of rotatable bonds is 6. The molecule has 1 aliphatic rings. The second-order valence-electron chi connectivity index (χ2n) is 5.15. The molecule has 2 unspecified atom stereocenters. The topological polar surface area (TPSA) is 47.3 Å². The van der Waals surface area contributed by atoms with E-state index in [1.165, 1.54) is 11.3 Å². The molecule has 0 radical (unpaired) electrons. The van der Waals surface area contributed by atoms with Gasteiger partial charge in [0.15, 0.2) is 0 Å². The van der Waals surface area contributed by atoms with Crippen molar-refractivity contribution in [1.82, 2.24) is 5.32 Å². The molecule has 1 saturated heterocycles. The summed E-state index contributed by atoms with van der Waals surface area (Å²) >= 11 is 1.80. The normalized spacial score (nSPS) is 28.4. The van der Waals surface area contributed by atoms with Gasteiger partial charge < -0.3 is 15.8 Å². The van der Waals surface area contributed by atoms with Crippen molar-refractivity contribution in [2.45, 2.75) is 50.8 Å². The van der Waals surface area contributed by atoms with Gasteiger partial charge in [0.2, 0.25) is 0 Å². The van der Waals surface area contributed by atoms with Gasteiger partial charge in [-0.15, -0.1) is 11.3 Å². The highest BCUT2D eigenvalue weighted by Crippen LogP contribution is 2.27. The summed E-state index contributed by atoms with van der Waals surface area (Å²) in [6.45, 7) is 4.66. The van der Waals surface area contributed by atoms with Gasteiger partial charge >= 0.3 is 0 Å². The Hall–Kier alpha value is -0.420. The van der Waals surface area contributed by atoms with E-state index < -0.39 is 0 Å². The molecule has 0 bridgehead atoms. The summed E-state index contributed by atoms with van der Waals surface area (Å²) in [5.74, 6) is 0. The van der Waals surface area contributed by atoms with Crippen LogP contribution < -0.4 is 11.1 Å². The first-order valence-corrected chi connectivity index (χ1v) is 7.75. The highest BCUT2D eigenvalue weighted by Gasteiger charge is 2.35. The lowest BCUT2D eigenvalue weighted by molar-refractivity contribution is -0.0310. The van der Waals surface area contributed by atoms with Crippen LogP contribution in [0.1, 0.15) is 37.5 Å². The maximum atomic E-state index is 6.02. The van der Waals surface area contributed by atoms with E-state index in [-0.39, 0.29) is 5.54 Å². The van der Waals surface area contributed by atoms with E-state index in [1.807, 2.05) is 0 Å². The molecular weight excluding hydrogens is 244 g/mol. The lowest BCUT2D eigenvalue weighted by atomic mass is 9.85. The Kier molecular flexibility index (Phi) is 5.18. The summed E-state index contributed by atoms with van der Waals surface area (Å²) in [7, 11) is 0. The van der Waals surface area contributed by atoms with Gasteiger partial charge in [-0.05, 0) is 30.7 Å². The minimum absolute atomic E-state index is 0.0715. The van der Waals surface area contributed by atoms with Crippen molar-refractivity contribution in [2.24, 2.45) is 5.73 Å². The molecule has 102 valence electrons. The first-order valence-electron chi connectivity index (χ1n) is 6.87. The largest absolute Gasteiger partial charge is 0.378 e. The standard InChI is InChI=1S/C14H24N2OS/c1-2-4-12-9-14(11-15,6-7-17-12)16-10-13-5-3-8-18-13/h3,5,8,12,16H,2,4,6-7,9-11,15H2,1H3. The molecule has 0 saturated carbocycles. The van der Waals surface area contributed by atoms with Crippen LogP contribution in [0.3, 0.4) is 0 Å². The van der Waals surface area contributed by atoms with Gasteiger partial charge in [0.25, 0.3) is 0 Å². The number of thiophene rings is 1. The van der Waals surface area contributed by atoms with Crippen LogP contribution in [-0.2, 0) is 11.3 Å². The van der Waals surface area contributed by atoms with Gasteiger partial charge in [-0.25, -0.2) is 0 Å². The average Bonchev–Trinajstić information content (AvgIpc) is 2.90. The number of hydrogen-bond acceptors (Lipinski definition) is 4. The van der Waals surface area contributed by atoms with E-state index in [2.05, 4.69) is 29.8 Å². The van der Waals surface area contributed by atoms with E-state index in [9.17, 15) is 0 Å². The number of hydrogen-bond donors (Lipinski definition) is 2. The summed E-state index contributed by atoms with van der Waals surface area (Å²) in [5, 5.41) is 5.80. The molecule has 2 heterocycles. The molecule has 1 aromatic rings. The third-order valence-corrected chi connectivity index (χ3v) is 4.65. The fourth-order valence-corrected chi connectivity index (χ4v) is 3.28. The van der Waals surface area contributed by atoms with Crippen molar-refractivity contribution >= 4 is 11.3 Å². The lowest BCUT2D eigenvalue weighted by Crippen LogP contribution is -2.56. The highest BCUT2D eigenvalue weighted by atomic mass is 32.1. The van der Waals surface area contributed by atoms with Crippen molar-refractivity contribution in [2.75, 3.05) is 13.2 Å². The van der Waals surface area contributed by atoms with E-state index in [0.717, 1.165) is 32.4 Å². The molecule has 1 fully saturated rings. The number of nitrogens with two attached hydrogens (primary N) is 1. The molecule has 3 nitrogen and oxygen atoms in total. The van der Waals surface area contributed by atoms with Gasteiger partial charge in [0, 0.05) is 30.1 Å². The predicted octanol–water partition coefficient (Wildman–Crippen LogP) is 2.51. The Bertz CT molecular complexity index is 340. The quantitative estimate of drug-likeness (QED) is 0.833. The Morgan fingerprint density at radius 2 is 2.50 bits per heavy atom. The van der Waals surface area contributed by atoms with Gasteiger partial charge in [-0.1, -0.05) is 19.4 Å². The van der Waals surface area contributed by atoms with Gasteiger partial charge in [-0.2, -0.15) is 0 Å². The zero-order valence-corrected chi connectivity index (χ0v) is 12.0. The Labute approximate surface area is 114 Å². The molecule has 0 amide bonds. The molecule has 0 aromatic carbocycles.